The number of nitrogens with zero attached hydrogens (tertiary/aromatic N) is 1. The van der Waals surface area contributed by atoms with Crippen molar-refractivity contribution >= 4 is 16.7 Å². The van der Waals surface area contributed by atoms with Gasteiger partial charge in [0, 0.05) is 29.5 Å². The Hall–Kier alpha value is -3.15. The van der Waals surface area contributed by atoms with Gasteiger partial charge >= 0.3 is 5.63 Å². The molecule has 0 fully saturated rings. The molecule has 1 heterocycles. The summed E-state index contributed by atoms with van der Waals surface area (Å²) in [6.45, 7) is 0. The minimum absolute atomic E-state index is 0.0176. The summed E-state index contributed by atoms with van der Waals surface area (Å²) in [4.78, 5) is 22.4. The van der Waals surface area contributed by atoms with Gasteiger partial charge in [-0.25, -0.2) is 4.79 Å². The molecule has 0 amide bonds. The second-order valence-electron chi connectivity index (χ2n) is 5.04. The number of benzene rings is 2. The van der Waals surface area contributed by atoms with E-state index in [4.69, 9.17) is 9.15 Å². The maximum Gasteiger partial charge on any atom is 0.339 e. The van der Waals surface area contributed by atoms with Crippen molar-refractivity contribution in [2.75, 3.05) is 7.11 Å². The van der Waals surface area contributed by atoms with Crippen molar-refractivity contribution in [1.29, 1.82) is 0 Å². The summed E-state index contributed by atoms with van der Waals surface area (Å²) in [5.74, 6) is 0.501. The molecule has 0 atom stereocenters. The first-order valence-corrected chi connectivity index (χ1v) is 6.91. The Morgan fingerprint density at radius 3 is 2.57 bits per heavy atom. The molecule has 2 aromatic carbocycles. The van der Waals surface area contributed by atoms with Crippen LogP contribution >= 0.6 is 0 Å². The fourth-order valence-electron chi connectivity index (χ4n) is 2.40. The van der Waals surface area contributed by atoms with Gasteiger partial charge in [-0.2, -0.15) is 0 Å². The fourth-order valence-corrected chi connectivity index (χ4v) is 2.40. The Bertz CT molecular complexity index is 928. The zero-order valence-electron chi connectivity index (χ0n) is 12.3. The number of ether oxygens (including phenoxy) is 1. The first-order valence-electron chi connectivity index (χ1n) is 6.91. The average molecular weight is 311 g/mol. The van der Waals surface area contributed by atoms with E-state index in [-0.39, 0.29) is 5.69 Å². The Morgan fingerprint density at radius 1 is 1.17 bits per heavy atom. The molecule has 3 aromatic rings. The SMILES string of the molecule is COc1cccc2cc(Cc3ccc([N+](=O)[O-])cc3)c(=O)oc12. The van der Waals surface area contributed by atoms with Crippen molar-refractivity contribution < 1.29 is 14.1 Å². The van der Waals surface area contributed by atoms with Crippen LogP contribution in [0.25, 0.3) is 11.0 Å². The number of methoxy groups -OCH3 is 1. The summed E-state index contributed by atoms with van der Waals surface area (Å²) in [7, 11) is 1.51. The van der Waals surface area contributed by atoms with E-state index in [0.29, 0.717) is 23.3 Å². The third-order valence-corrected chi connectivity index (χ3v) is 3.56. The second kappa shape index (κ2) is 5.92. The van der Waals surface area contributed by atoms with Crippen LogP contribution in [0.4, 0.5) is 5.69 Å². The number of hydrogen-bond donors (Lipinski definition) is 0. The molecule has 0 bridgehead atoms. The highest BCUT2D eigenvalue weighted by molar-refractivity contribution is 5.82. The number of rotatable bonds is 4. The lowest BCUT2D eigenvalue weighted by Gasteiger charge is -2.06. The van der Waals surface area contributed by atoms with Gasteiger partial charge in [-0.05, 0) is 17.7 Å². The van der Waals surface area contributed by atoms with E-state index in [0.717, 1.165) is 10.9 Å². The summed E-state index contributed by atoms with van der Waals surface area (Å²) in [6, 6.07) is 13.2. The van der Waals surface area contributed by atoms with E-state index in [2.05, 4.69) is 0 Å². The van der Waals surface area contributed by atoms with Crippen molar-refractivity contribution in [3.05, 3.63) is 80.2 Å². The molecule has 0 aliphatic heterocycles. The van der Waals surface area contributed by atoms with E-state index >= 15 is 0 Å². The van der Waals surface area contributed by atoms with Gasteiger partial charge in [0.1, 0.15) is 0 Å². The monoisotopic (exact) mass is 311 g/mol. The van der Waals surface area contributed by atoms with E-state index in [9.17, 15) is 14.9 Å². The average Bonchev–Trinajstić information content (AvgIpc) is 2.55. The highest BCUT2D eigenvalue weighted by Crippen LogP contribution is 2.25. The van der Waals surface area contributed by atoms with Crippen LogP contribution in [0.5, 0.6) is 5.75 Å². The zero-order valence-corrected chi connectivity index (χ0v) is 12.3. The lowest BCUT2D eigenvalue weighted by atomic mass is 10.0. The lowest BCUT2D eigenvalue weighted by molar-refractivity contribution is -0.384. The molecule has 1 aromatic heterocycles. The highest BCUT2D eigenvalue weighted by atomic mass is 16.6. The number of fused-ring (bicyclic) bond motifs is 1. The molecular formula is C17H13NO5. The molecular weight excluding hydrogens is 298 g/mol. The van der Waals surface area contributed by atoms with E-state index in [1.54, 1.807) is 24.3 Å². The Labute approximate surface area is 131 Å². The summed E-state index contributed by atoms with van der Waals surface area (Å²) in [5, 5.41) is 11.4. The predicted octanol–water partition coefficient (Wildman–Crippen LogP) is 3.30. The van der Waals surface area contributed by atoms with Crippen molar-refractivity contribution in [2.24, 2.45) is 0 Å². The van der Waals surface area contributed by atoms with E-state index in [1.807, 2.05) is 12.1 Å². The van der Waals surface area contributed by atoms with Crippen LogP contribution in [0.1, 0.15) is 11.1 Å². The van der Waals surface area contributed by atoms with Gasteiger partial charge in [0.25, 0.3) is 5.69 Å². The van der Waals surface area contributed by atoms with Crippen LogP contribution in [0.3, 0.4) is 0 Å². The van der Waals surface area contributed by atoms with Crippen LogP contribution in [0, 0.1) is 10.1 Å². The fraction of sp³-hybridized carbons (Fsp3) is 0.118. The molecule has 0 unspecified atom stereocenters. The number of non-ortho nitro benzene ring substituents is 1. The summed E-state index contributed by atoms with van der Waals surface area (Å²) >= 11 is 0. The third kappa shape index (κ3) is 2.91. The topological polar surface area (TPSA) is 82.6 Å². The number of para-hydroxylation sites is 1. The Morgan fingerprint density at radius 2 is 1.91 bits per heavy atom. The van der Waals surface area contributed by atoms with Gasteiger partial charge < -0.3 is 9.15 Å². The molecule has 0 spiro atoms. The van der Waals surface area contributed by atoms with Crippen LogP contribution in [0.15, 0.2) is 57.7 Å². The molecule has 0 N–H and O–H groups in total. The third-order valence-electron chi connectivity index (χ3n) is 3.56. The molecule has 0 radical (unpaired) electrons. The molecule has 0 saturated carbocycles. The smallest absolute Gasteiger partial charge is 0.339 e. The first-order chi connectivity index (χ1) is 11.1. The van der Waals surface area contributed by atoms with Crippen LogP contribution < -0.4 is 10.4 Å². The maximum absolute atomic E-state index is 12.2. The Kier molecular flexibility index (Phi) is 3.80. The van der Waals surface area contributed by atoms with Crippen LogP contribution in [0.2, 0.25) is 0 Å². The largest absolute Gasteiger partial charge is 0.493 e. The lowest BCUT2D eigenvalue weighted by Crippen LogP contribution is -2.08. The number of nitro benzene ring substituents is 1. The standard InChI is InChI=1S/C17H13NO5/c1-22-15-4-2-3-12-10-13(17(19)23-16(12)15)9-11-5-7-14(8-6-11)18(20)21/h2-8,10H,9H2,1H3. The molecule has 6 nitrogen and oxygen atoms in total. The van der Waals surface area contributed by atoms with Crippen molar-refractivity contribution in [1.82, 2.24) is 0 Å². The number of hydrogen-bond acceptors (Lipinski definition) is 5. The quantitative estimate of drug-likeness (QED) is 0.419. The first kappa shape index (κ1) is 14.8. The zero-order chi connectivity index (χ0) is 16.4. The van der Waals surface area contributed by atoms with Crippen molar-refractivity contribution in [2.45, 2.75) is 6.42 Å². The minimum Gasteiger partial charge on any atom is -0.493 e. The summed E-state index contributed by atoms with van der Waals surface area (Å²) in [5.41, 5.74) is 1.27. The minimum atomic E-state index is -0.458. The molecule has 0 aliphatic rings. The normalized spacial score (nSPS) is 10.7. The molecule has 3 rings (SSSR count). The van der Waals surface area contributed by atoms with Gasteiger partial charge in [-0.3, -0.25) is 10.1 Å². The van der Waals surface area contributed by atoms with Gasteiger partial charge in [-0.1, -0.05) is 24.3 Å². The van der Waals surface area contributed by atoms with E-state index < -0.39 is 10.5 Å². The molecule has 0 aliphatic carbocycles. The molecule has 0 saturated heterocycles. The summed E-state index contributed by atoms with van der Waals surface area (Å²) in [6.07, 6.45) is 0.341. The molecule has 116 valence electrons. The van der Waals surface area contributed by atoms with Crippen LogP contribution in [-0.2, 0) is 6.42 Å². The van der Waals surface area contributed by atoms with Gasteiger partial charge in [-0.15, -0.1) is 0 Å². The maximum atomic E-state index is 12.2. The molecule has 23 heavy (non-hydrogen) atoms. The van der Waals surface area contributed by atoms with E-state index in [1.165, 1.54) is 19.2 Å². The summed E-state index contributed by atoms with van der Waals surface area (Å²) < 4.78 is 10.5. The molecule has 6 heteroatoms. The van der Waals surface area contributed by atoms with Crippen molar-refractivity contribution in [3.8, 4) is 5.75 Å². The Balaban J connectivity index is 1.98. The predicted molar refractivity (Wildman–Crippen MR) is 84.9 cm³/mol. The highest BCUT2D eigenvalue weighted by Gasteiger charge is 2.11. The number of nitro groups is 1. The van der Waals surface area contributed by atoms with Gasteiger partial charge in [0.05, 0.1) is 12.0 Å². The second-order valence-corrected chi connectivity index (χ2v) is 5.04. The van der Waals surface area contributed by atoms with Gasteiger partial charge in [0.2, 0.25) is 0 Å². The van der Waals surface area contributed by atoms with Crippen molar-refractivity contribution in [3.63, 3.8) is 0 Å². The van der Waals surface area contributed by atoms with Crippen LogP contribution in [-0.4, -0.2) is 12.0 Å². The van der Waals surface area contributed by atoms with Gasteiger partial charge in [0.15, 0.2) is 11.3 Å².